The van der Waals surface area contributed by atoms with Crippen molar-refractivity contribution in [1.29, 1.82) is 0 Å². The molecule has 0 bridgehead atoms. The van der Waals surface area contributed by atoms with Crippen molar-refractivity contribution in [2.75, 3.05) is 36.4 Å². The van der Waals surface area contributed by atoms with Gasteiger partial charge in [0, 0.05) is 50.1 Å². The molecular formula is C24H22F3N7O. The van der Waals surface area contributed by atoms with Gasteiger partial charge in [-0.05, 0) is 18.2 Å². The van der Waals surface area contributed by atoms with Gasteiger partial charge in [-0.25, -0.2) is 9.97 Å². The van der Waals surface area contributed by atoms with Gasteiger partial charge in [0.05, 0.1) is 11.1 Å². The summed E-state index contributed by atoms with van der Waals surface area (Å²) in [6.45, 7) is 3.52. The molecule has 1 amide bonds. The van der Waals surface area contributed by atoms with E-state index in [2.05, 4.69) is 25.5 Å². The van der Waals surface area contributed by atoms with Gasteiger partial charge in [-0.1, -0.05) is 30.3 Å². The highest BCUT2D eigenvalue weighted by Crippen LogP contribution is 2.37. The molecule has 8 nitrogen and oxygen atoms in total. The number of aromatic amines is 1. The number of fused-ring (bicyclic) bond motifs is 1. The van der Waals surface area contributed by atoms with Crippen LogP contribution in [0.4, 0.5) is 30.6 Å². The third-order valence-corrected chi connectivity index (χ3v) is 5.95. The lowest BCUT2D eigenvalue weighted by molar-refractivity contribution is -0.137. The van der Waals surface area contributed by atoms with Gasteiger partial charge in [0.15, 0.2) is 11.6 Å². The summed E-state index contributed by atoms with van der Waals surface area (Å²) in [5.74, 6) is 1.22. The van der Waals surface area contributed by atoms with Crippen molar-refractivity contribution < 1.29 is 18.0 Å². The summed E-state index contributed by atoms with van der Waals surface area (Å²) in [4.78, 5) is 24.3. The molecule has 0 spiro atoms. The number of hydrogen-bond acceptors (Lipinski definition) is 6. The van der Waals surface area contributed by atoms with Crippen molar-refractivity contribution in [3.63, 3.8) is 0 Å². The number of para-hydroxylation sites is 1. The molecule has 5 rings (SSSR count). The van der Waals surface area contributed by atoms with Crippen LogP contribution in [-0.2, 0) is 11.0 Å². The highest BCUT2D eigenvalue weighted by atomic mass is 19.4. The molecule has 0 aliphatic carbocycles. The number of carbonyl (C=O) groups excluding carboxylic acids is 1. The zero-order chi connectivity index (χ0) is 24.6. The lowest BCUT2D eigenvalue weighted by Gasteiger charge is -2.35. The minimum atomic E-state index is -4.56. The number of halogens is 3. The first-order chi connectivity index (χ1) is 16.8. The van der Waals surface area contributed by atoms with Gasteiger partial charge < -0.3 is 15.1 Å². The minimum Gasteiger partial charge on any atom is -0.353 e. The maximum atomic E-state index is 13.8. The van der Waals surface area contributed by atoms with Crippen molar-refractivity contribution in [3.05, 3.63) is 60.2 Å². The summed E-state index contributed by atoms with van der Waals surface area (Å²) in [6.07, 6.45) is -4.56. The fourth-order valence-corrected chi connectivity index (χ4v) is 4.14. The molecule has 2 N–H and O–H groups in total. The van der Waals surface area contributed by atoms with E-state index in [1.165, 1.54) is 25.1 Å². The quantitative estimate of drug-likeness (QED) is 0.448. The van der Waals surface area contributed by atoms with E-state index >= 15 is 0 Å². The highest BCUT2D eigenvalue weighted by molar-refractivity contribution is 5.91. The Morgan fingerprint density at radius 3 is 2.46 bits per heavy atom. The van der Waals surface area contributed by atoms with E-state index in [-0.39, 0.29) is 17.3 Å². The number of H-pyrrole nitrogens is 1. The third kappa shape index (κ3) is 4.61. The molecular weight excluding hydrogens is 459 g/mol. The number of nitrogens with zero attached hydrogens (tertiary/aromatic N) is 5. The average Bonchev–Trinajstić information content (AvgIpc) is 3.26. The molecule has 1 aliphatic heterocycles. The number of hydrogen-bond donors (Lipinski definition) is 2. The summed E-state index contributed by atoms with van der Waals surface area (Å²) < 4.78 is 41.3. The van der Waals surface area contributed by atoms with Crippen molar-refractivity contribution in [2.45, 2.75) is 13.1 Å². The molecule has 1 aliphatic rings. The molecule has 0 radical (unpaired) electrons. The first-order valence-corrected chi connectivity index (χ1v) is 11.1. The van der Waals surface area contributed by atoms with Crippen LogP contribution in [0, 0.1) is 0 Å². The van der Waals surface area contributed by atoms with Crippen LogP contribution in [0.15, 0.2) is 54.6 Å². The fraction of sp³-hybridized carbons (Fsp3) is 0.250. The number of rotatable bonds is 4. The van der Waals surface area contributed by atoms with Gasteiger partial charge in [-0.15, -0.1) is 0 Å². The van der Waals surface area contributed by atoms with E-state index in [0.29, 0.717) is 43.6 Å². The lowest BCUT2D eigenvalue weighted by atomic mass is 10.1. The fourth-order valence-electron chi connectivity index (χ4n) is 4.14. The van der Waals surface area contributed by atoms with Gasteiger partial charge in [0.25, 0.3) is 0 Å². The zero-order valence-corrected chi connectivity index (χ0v) is 18.8. The van der Waals surface area contributed by atoms with Crippen molar-refractivity contribution in [1.82, 2.24) is 25.1 Å². The van der Waals surface area contributed by atoms with Gasteiger partial charge in [-0.3, -0.25) is 9.89 Å². The number of benzene rings is 2. The Morgan fingerprint density at radius 1 is 1.00 bits per heavy atom. The largest absolute Gasteiger partial charge is 0.417 e. The van der Waals surface area contributed by atoms with Crippen molar-refractivity contribution in [3.8, 4) is 11.4 Å². The van der Waals surface area contributed by atoms with E-state index in [1.54, 1.807) is 11.0 Å². The molecule has 0 atom stereocenters. The molecule has 2 aromatic carbocycles. The molecule has 2 aromatic heterocycles. The average molecular weight is 481 g/mol. The van der Waals surface area contributed by atoms with E-state index in [0.717, 1.165) is 17.0 Å². The van der Waals surface area contributed by atoms with Crippen LogP contribution in [0.1, 0.15) is 12.5 Å². The second-order valence-electron chi connectivity index (χ2n) is 8.21. The molecule has 35 heavy (non-hydrogen) atoms. The van der Waals surface area contributed by atoms with Gasteiger partial charge in [0.2, 0.25) is 5.91 Å². The molecule has 11 heteroatoms. The normalized spacial score (nSPS) is 14.4. The number of amides is 1. The summed E-state index contributed by atoms with van der Waals surface area (Å²) in [5, 5.41) is 11.2. The summed E-state index contributed by atoms with van der Waals surface area (Å²) in [5.41, 5.74) is -0.110. The monoisotopic (exact) mass is 481 g/mol. The number of piperazine rings is 1. The van der Waals surface area contributed by atoms with Crippen LogP contribution < -0.4 is 10.2 Å². The molecule has 0 unspecified atom stereocenters. The second kappa shape index (κ2) is 8.90. The number of alkyl halides is 3. The number of nitrogens with one attached hydrogen (secondary N) is 2. The Hall–Kier alpha value is -4.15. The van der Waals surface area contributed by atoms with Crippen molar-refractivity contribution in [2.24, 2.45) is 0 Å². The van der Waals surface area contributed by atoms with Gasteiger partial charge in [-0.2, -0.15) is 18.3 Å². The first kappa shape index (κ1) is 22.6. The standard InChI is InChI=1S/C24H22F3N7O/c1-15(35)33-10-12-34(13-11-33)21-14-20(29-23-17-7-3-5-9-19(17)31-32-23)28-22(30-21)16-6-2-4-8-18(16)24(25,26)27/h2-9,14H,10-13H2,1H3,(H2,28,29,30,31,32). The number of carbonyl (C=O) groups is 1. The zero-order valence-electron chi connectivity index (χ0n) is 18.8. The Labute approximate surface area is 198 Å². The molecule has 1 fully saturated rings. The Bertz CT molecular complexity index is 1380. The van der Waals surface area contributed by atoms with Crippen LogP contribution in [-0.4, -0.2) is 57.2 Å². The van der Waals surface area contributed by atoms with Gasteiger partial charge >= 0.3 is 6.18 Å². The minimum absolute atomic E-state index is 0.0140. The maximum absolute atomic E-state index is 13.8. The number of anilines is 3. The topological polar surface area (TPSA) is 90.0 Å². The van der Waals surface area contributed by atoms with Gasteiger partial charge in [0.1, 0.15) is 11.6 Å². The van der Waals surface area contributed by atoms with E-state index < -0.39 is 11.7 Å². The second-order valence-corrected chi connectivity index (χ2v) is 8.21. The maximum Gasteiger partial charge on any atom is 0.417 e. The highest BCUT2D eigenvalue weighted by Gasteiger charge is 2.34. The van der Waals surface area contributed by atoms with Crippen LogP contribution in [0.3, 0.4) is 0 Å². The Kier molecular flexibility index (Phi) is 5.75. The first-order valence-electron chi connectivity index (χ1n) is 11.1. The summed E-state index contributed by atoms with van der Waals surface area (Å²) >= 11 is 0. The van der Waals surface area contributed by atoms with Crippen LogP contribution >= 0.6 is 0 Å². The summed E-state index contributed by atoms with van der Waals surface area (Å²) in [7, 11) is 0. The predicted octanol–water partition coefficient (Wildman–Crippen LogP) is 4.45. The molecule has 3 heterocycles. The molecule has 1 saturated heterocycles. The smallest absolute Gasteiger partial charge is 0.353 e. The van der Waals surface area contributed by atoms with E-state index in [4.69, 9.17) is 0 Å². The molecule has 0 saturated carbocycles. The van der Waals surface area contributed by atoms with Crippen LogP contribution in [0.2, 0.25) is 0 Å². The van der Waals surface area contributed by atoms with Crippen LogP contribution in [0.5, 0.6) is 0 Å². The van der Waals surface area contributed by atoms with E-state index in [1.807, 2.05) is 29.2 Å². The molecule has 4 aromatic rings. The van der Waals surface area contributed by atoms with Crippen LogP contribution in [0.25, 0.3) is 22.3 Å². The van der Waals surface area contributed by atoms with Crippen molar-refractivity contribution >= 4 is 34.3 Å². The van der Waals surface area contributed by atoms with E-state index in [9.17, 15) is 18.0 Å². The Morgan fingerprint density at radius 2 is 1.71 bits per heavy atom. The SMILES string of the molecule is CC(=O)N1CCN(c2cc(Nc3n[nH]c4ccccc34)nc(-c3ccccc3C(F)(F)F)n2)CC1. The summed E-state index contributed by atoms with van der Waals surface area (Å²) in [6, 6.07) is 14.4. The lowest BCUT2D eigenvalue weighted by Crippen LogP contribution is -2.48. The number of aromatic nitrogens is 4. The molecule has 180 valence electrons. The predicted molar refractivity (Wildman–Crippen MR) is 126 cm³/mol. The Balaban J connectivity index is 1.57. The third-order valence-electron chi connectivity index (χ3n) is 5.95.